The molecule has 1 heterocycles. The molecule has 0 amide bonds. The minimum atomic E-state index is -0.598. The predicted molar refractivity (Wildman–Crippen MR) is 88.8 cm³/mol. The van der Waals surface area contributed by atoms with Crippen molar-refractivity contribution in [1.82, 2.24) is 4.90 Å². The molecule has 3 unspecified atom stereocenters. The van der Waals surface area contributed by atoms with Crippen molar-refractivity contribution in [2.75, 3.05) is 26.2 Å². The lowest BCUT2D eigenvalue weighted by atomic mass is 9.93. The van der Waals surface area contributed by atoms with E-state index in [9.17, 15) is 10.2 Å². The average molecular weight is 348 g/mol. The maximum absolute atomic E-state index is 10.1. The normalized spacial score (nSPS) is 22.3. The Labute approximate surface area is 141 Å². The topological polar surface area (TPSA) is 52.9 Å². The Hall–Kier alpha value is -0.520. The fourth-order valence-corrected chi connectivity index (χ4v) is 3.24. The van der Waals surface area contributed by atoms with Gasteiger partial charge in [0.25, 0.3) is 0 Å². The van der Waals surface area contributed by atoms with Crippen molar-refractivity contribution in [2.45, 2.75) is 32.0 Å². The Morgan fingerprint density at radius 1 is 1.36 bits per heavy atom. The molecule has 0 bridgehead atoms. The number of benzene rings is 1. The zero-order valence-corrected chi connectivity index (χ0v) is 14.2. The molecule has 0 aliphatic carbocycles. The van der Waals surface area contributed by atoms with E-state index in [1.165, 1.54) is 0 Å². The molecule has 1 aliphatic rings. The molecule has 1 aromatic rings. The highest BCUT2D eigenvalue weighted by Crippen LogP contribution is 2.27. The predicted octanol–water partition coefficient (Wildman–Crippen LogP) is 2.83. The van der Waals surface area contributed by atoms with E-state index >= 15 is 0 Å². The molecule has 2 N–H and O–H groups in total. The molecular formula is C16H23Cl2NO3. The van der Waals surface area contributed by atoms with E-state index in [2.05, 4.69) is 4.90 Å². The first-order valence-corrected chi connectivity index (χ1v) is 8.37. The van der Waals surface area contributed by atoms with Gasteiger partial charge in [0.05, 0.1) is 11.1 Å². The summed E-state index contributed by atoms with van der Waals surface area (Å²) in [5, 5.41) is 20.8. The number of β-amino-alcohol motifs (C(OH)–C–C–N with tert-alkyl or cyclic N) is 1. The van der Waals surface area contributed by atoms with E-state index < -0.39 is 6.10 Å². The van der Waals surface area contributed by atoms with Crippen LogP contribution in [0.25, 0.3) is 0 Å². The Morgan fingerprint density at radius 3 is 2.82 bits per heavy atom. The summed E-state index contributed by atoms with van der Waals surface area (Å²) in [4.78, 5) is 2.18. The second-order valence-corrected chi connectivity index (χ2v) is 6.79. The summed E-state index contributed by atoms with van der Waals surface area (Å²) in [5.74, 6) is 0.804. The number of aliphatic hydroxyl groups excluding tert-OH is 2. The summed E-state index contributed by atoms with van der Waals surface area (Å²) in [5.41, 5.74) is 0. The first-order chi connectivity index (χ1) is 10.5. The van der Waals surface area contributed by atoms with E-state index in [4.69, 9.17) is 27.9 Å². The van der Waals surface area contributed by atoms with Crippen molar-refractivity contribution < 1.29 is 14.9 Å². The van der Waals surface area contributed by atoms with Crippen LogP contribution >= 0.6 is 23.2 Å². The van der Waals surface area contributed by atoms with Crippen LogP contribution < -0.4 is 4.74 Å². The zero-order valence-electron chi connectivity index (χ0n) is 12.7. The van der Waals surface area contributed by atoms with Gasteiger partial charge < -0.3 is 19.8 Å². The molecular weight excluding hydrogens is 325 g/mol. The zero-order chi connectivity index (χ0) is 16.1. The molecule has 1 aliphatic heterocycles. The highest BCUT2D eigenvalue weighted by Gasteiger charge is 2.24. The van der Waals surface area contributed by atoms with Crippen LogP contribution in [0.5, 0.6) is 5.75 Å². The molecule has 0 radical (unpaired) electrons. The number of aliphatic hydroxyl groups is 2. The molecule has 1 saturated heterocycles. The standard InChI is InChI=1S/C16H23Cl2NO3/c1-11(20)12-3-2-6-19(8-12)9-14(21)10-22-16-5-4-13(17)7-15(16)18/h4-5,7,11-12,14,20-21H,2-3,6,8-10H2,1H3. The minimum absolute atomic E-state index is 0.178. The van der Waals surface area contributed by atoms with E-state index in [1.54, 1.807) is 18.2 Å². The molecule has 0 aromatic heterocycles. The van der Waals surface area contributed by atoms with Gasteiger partial charge in [-0.2, -0.15) is 0 Å². The summed E-state index contributed by atoms with van der Waals surface area (Å²) in [7, 11) is 0. The molecule has 6 heteroatoms. The van der Waals surface area contributed by atoms with Crippen molar-refractivity contribution >= 4 is 23.2 Å². The second kappa shape index (κ2) is 8.37. The third-order valence-electron chi connectivity index (χ3n) is 4.02. The monoisotopic (exact) mass is 347 g/mol. The lowest BCUT2D eigenvalue weighted by Gasteiger charge is -2.35. The molecule has 2 rings (SSSR count). The van der Waals surface area contributed by atoms with Gasteiger partial charge in [-0.15, -0.1) is 0 Å². The van der Waals surface area contributed by atoms with E-state index in [1.807, 2.05) is 6.92 Å². The van der Waals surface area contributed by atoms with Crippen LogP contribution in [0.15, 0.2) is 18.2 Å². The number of hydrogen-bond donors (Lipinski definition) is 2. The first kappa shape index (κ1) is 17.8. The Kier molecular flexibility index (Phi) is 6.78. The summed E-state index contributed by atoms with van der Waals surface area (Å²) in [6, 6.07) is 5.01. The van der Waals surface area contributed by atoms with Crippen LogP contribution in [0.1, 0.15) is 19.8 Å². The minimum Gasteiger partial charge on any atom is -0.489 e. The number of rotatable bonds is 6. The fourth-order valence-electron chi connectivity index (χ4n) is 2.78. The summed E-state index contributed by atoms with van der Waals surface area (Å²) < 4.78 is 5.55. The Morgan fingerprint density at radius 2 is 2.14 bits per heavy atom. The van der Waals surface area contributed by atoms with Crippen LogP contribution in [0.3, 0.4) is 0 Å². The van der Waals surface area contributed by atoms with Crippen LogP contribution in [0.4, 0.5) is 0 Å². The van der Waals surface area contributed by atoms with Crippen LogP contribution in [-0.4, -0.2) is 53.6 Å². The molecule has 22 heavy (non-hydrogen) atoms. The van der Waals surface area contributed by atoms with E-state index in [0.717, 1.165) is 25.9 Å². The molecule has 0 spiro atoms. The number of piperidine rings is 1. The van der Waals surface area contributed by atoms with Crippen molar-refractivity contribution in [1.29, 1.82) is 0 Å². The van der Waals surface area contributed by atoms with Crippen molar-refractivity contribution in [2.24, 2.45) is 5.92 Å². The third kappa shape index (κ3) is 5.28. The first-order valence-electron chi connectivity index (χ1n) is 7.62. The van der Waals surface area contributed by atoms with Gasteiger partial charge in [-0.05, 0) is 50.4 Å². The lowest BCUT2D eigenvalue weighted by molar-refractivity contribution is 0.0244. The summed E-state index contributed by atoms with van der Waals surface area (Å²) in [6.45, 7) is 4.31. The van der Waals surface area contributed by atoms with E-state index in [-0.39, 0.29) is 18.6 Å². The van der Waals surface area contributed by atoms with Crippen molar-refractivity contribution in [3.8, 4) is 5.75 Å². The third-order valence-corrected chi connectivity index (χ3v) is 4.55. The highest BCUT2D eigenvalue weighted by atomic mass is 35.5. The molecule has 3 atom stereocenters. The van der Waals surface area contributed by atoms with Gasteiger partial charge in [0.2, 0.25) is 0 Å². The Balaban J connectivity index is 1.79. The van der Waals surface area contributed by atoms with Crippen LogP contribution in [0, 0.1) is 5.92 Å². The molecule has 1 aromatic carbocycles. The van der Waals surface area contributed by atoms with Crippen LogP contribution in [0.2, 0.25) is 10.0 Å². The molecule has 0 saturated carbocycles. The van der Waals surface area contributed by atoms with E-state index in [0.29, 0.717) is 22.3 Å². The molecule has 4 nitrogen and oxygen atoms in total. The Bertz CT molecular complexity index is 484. The number of likely N-dealkylation sites (tertiary alicyclic amines) is 1. The van der Waals surface area contributed by atoms with Crippen molar-refractivity contribution in [3.63, 3.8) is 0 Å². The summed E-state index contributed by atoms with van der Waals surface area (Å²) >= 11 is 11.9. The quantitative estimate of drug-likeness (QED) is 0.830. The fraction of sp³-hybridized carbons (Fsp3) is 0.625. The molecule has 124 valence electrons. The van der Waals surface area contributed by atoms with Gasteiger partial charge in [-0.1, -0.05) is 23.2 Å². The van der Waals surface area contributed by atoms with Gasteiger partial charge in [0, 0.05) is 18.1 Å². The smallest absolute Gasteiger partial charge is 0.138 e. The summed E-state index contributed by atoms with van der Waals surface area (Å²) in [6.07, 6.45) is 1.19. The average Bonchev–Trinajstić information content (AvgIpc) is 2.46. The number of ether oxygens (including phenoxy) is 1. The van der Waals surface area contributed by atoms with Gasteiger partial charge in [0.15, 0.2) is 0 Å². The molecule has 1 fully saturated rings. The second-order valence-electron chi connectivity index (χ2n) is 5.94. The van der Waals surface area contributed by atoms with Crippen molar-refractivity contribution in [3.05, 3.63) is 28.2 Å². The van der Waals surface area contributed by atoms with Gasteiger partial charge in [-0.3, -0.25) is 0 Å². The highest BCUT2D eigenvalue weighted by molar-refractivity contribution is 6.35. The number of nitrogens with zero attached hydrogens (tertiary/aromatic N) is 1. The van der Waals surface area contributed by atoms with Gasteiger partial charge in [-0.25, -0.2) is 0 Å². The van der Waals surface area contributed by atoms with Gasteiger partial charge in [0.1, 0.15) is 18.5 Å². The maximum atomic E-state index is 10.1. The van der Waals surface area contributed by atoms with Gasteiger partial charge >= 0.3 is 0 Å². The SMILES string of the molecule is CC(O)C1CCCN(CC(O)COc2ccc(Cl)cc2Cl)C1. The maximum Gasteiger partial charge on any atom is 0.138 e. The van der Waals surface area contributed by atoms with Crippen LogP contribution in [-0.2, 0) is 0 Å². The largest absolute Gasteiger partial charge is 0.489 e. The lowest BCUT2D eigenvalue weighted by Crippen LogP contribution is -2.44. The number of hydrogen-bond acceptors (Lipinski definition) is 4. The number of halogens is 2.